The number of carbonyl (C=O) groups is 2. The SMILES string of the molecule is O=C1N=C(N2CCN(C(=O)c3ccc4[nH]ccc4c3)CC2)N=C2C=CC=CC12. The number of amides is 2. The number of fused-ring (bicyclic) bond motifs is 2. The van der Waals surface area contributed by atoms with E-state index in [1.807, 2.05) is 64.6 Å². The molecule has 0 saturated carbocycles. The summed E-state index contributed by atoms with van der Waals surface area (Å²) in [5.74, 6) is -0.0629. The highest BCUT2D eigenvalue weighted by Crippen LogP contribution is 2.19. The van der Waals surface area contributed by atoms with Crippen molar-refractivity contribution in [3.05, 3.63) is 60.3 Å². The second kappa shape index (κ2) is 6.60. The van der Waals surface area contributed by atoms with Crippen LogP contribution < -0.4 is 0 Å². The average Bonchev–Trinajstić information content (AvgIpc) is 3.21. The van der Waals surface area contributed by atoms with E-state index in [4.69, 9.17) is 0 Å². The maximum atomic E-state index is 12.9. The summed E-state index contributed by atoms with van der Waals surface area (Å²) < 4.78 is 0. The summed E-state index contributed by atoms with van der Waals surface area (Å²) in [5, 5.41) is 1.03. The number of hydrogen-bond acceptors (Lipinski definition) is 4. The van der Waals surface area contributed by atoms with Gasteiger partial charge >= 0.3 is 0 Å². The van der Waals surface area contributed by atoms with Gasteiger partial charge in [0.15, 0.2) is 0 Å². The minimum atomic E-state index is -0.361. The Morgan fingerprint density at radius 1 is 1.07 bits per heavy atom. The Labute approximate surface area is 161 Å². The van der Waals surface area contributed by atoms with Crippen LogP contribution in [0.2, 0.25) is 0 Å². The third-order valence-corrected chi connectivity index (χ3v) is 5.36. The molecule has 28 heavy (non-hydrogen) atoms. The van der Waals surface area contributed by atoms with E-state index >= 15 is 0 Å². The van der Waals surface area contributed by atoms with Crippen LogP contribution in [0.1, 0.15) is 10.4 Å². The Balaban J connectivity index is 1.28. The van der Waals surface area contributed by atoms with E-state index < -0.39 is 0 Å². The molecule has 1 aliphatic carbocycles. The molecule has 3 heterocycles. The van der Waals surface area contributed by atoms with Crippen molar-refractivity contribution in [2.45, 2.75) is 0 Å². The van der Waals surface area contributed by atoms with Gasteiger partial charge in [-0.3, -0.25) is 9.59 Å². The molecular weight excluding hydrogens is 354 g/mol. The van der Waals surface area contributed by atoms with Crippen molar-refractivity contribution in [1.29, 1.82) is 0 Å². The van der Waals surface area contributed by atoms with E-state index in [0.29, 0.717) is 37.7 Å². The first-order valence-electron chi connectivity index (χ1n) is 9.36. The number of allylic oxidation sites excluding steroid dienone is 3. The maximum absolute atomic E-state index is 12.9. The molecule has 3 aliphatic rings. The zero-order valence-electron chi connectivity index (χ0n) is 15.2. The van der Waals surface area contributed by atoms with Crippen LogP contribution in [0.3, 0.4) is 0 Å². The van der Waals surface area contributed by atoms with Crippen molar-refractivity contribution in [3.8, 4) is 0 Å². The van der Waals surface area contributed by atoms with Gasteiger partial charge in [-0.2, -0.15) is 4.99 Å². The molecule has 1 atom stereocenters. The Kier molecular flexibility index (Phi) is 3.93. The number of piperazine rings is 1. The third kappa shape index (κ3) is 2.85. The molecule has 1 aromatic carbocycles. The van der Waals surface area contributed by atoms with E-state index in [0.717, 1.165) is 16.6 Å². The number of aromatic nitrogens is 1. The van der Waals surface area contributed by atoms with Crippen LogP contribution in [0.15, 0.2) is 64.8 Å². The molecule has 140 valence electrons. The third-order valence-electron chi connectivity index (χ3n) is 5.36. The number of rotatable bonds is 1. The molecule has 1 N–H and O–H groups in total. The molecule has 1 saturated heterocycles. The summed E-state index contributed by atoms with van der Waals surface area (Å²) in [6, 6.07) is 7.66. The fourth-order valence-corrected chi connectivity index (χ4v) is 3.78. The topological polar surface area (TPSA) is 81.1 Å². The molecule has 0 spiro atoms. The molecule has 2 aromatic rings. The van der Waals surface area contributed by atoms with E-state index in [9.17, 15) is 9.59 Å². The lowest BCUT2D eigenvalue weighted by Crippen LogP contribution is -2.51. The molecule has 7 nitrogen and oxygen atoms in total. The maximum Gasteiger partial charge on any atom is 0.261 e. The van der Waals surface area contributed by atoms with Gasteiger partial charge in [-0.05, 0) is 30.3 Å². The normalized spacial score (nSPS) is 21.6. The molecule has 5 rings (SSSR count). The van der Waals surface area contributed by atoms with E-state index in [1.54, 1.807) is 0 Å². The molecule has 1 fully saturated rings. The van der Waals surface area contributed by atoms with Gasteiger partial charge in [0.1, 0.15) is 5.92 Å². The van der Waals surface area contributed by atoms with Crippen molar-refractivity contribution < 1.29 is 9.59 Å². The first-order valence-corrected chi connectivity index (χ1v) is 9.36. The molecular formula is C21H19N5O2. The van der Waals surface area contributed by atoms with Crippen molar-refractivity contribution in [2.24, 2.45) is 15.9 Å². The Morgan fingerprint density at radius 3 is 2.79 bits per heavy atom. The summed E-state index contributed by atoms with van der Waals surface area (Å²) in [5.41, 5.74) is 2.44. The largest absolute Gasteiger partial charge is 0.361 e. The number of aliphatic imine (C=N–C) groups is 2. The number of nitrogens with zero attached hydrogens (tertiary/aromatic N) is 4. The summed E-state index contributed by atoms with van der Waals surface area (Å²) in [6.45, 7) is 2.35. The van der Waals surface area contributed by atoms with Gasteiger partial charge in [0.05, 0.1) is 5.71 Å². The number of H-pyrrole nitrogens is 1. The van der Waals surface area contributed by atoms with Crippen molar-refractivity contribution in [2.75, 3.05) is 26.2 Å². The molecule has 1 aromatic heterocycles. The fraction of sp³-hybridized carbons (Fsp3) is 0.238. The van der Waals surface area contributed by atoms with Crippen molar-refractivity contribution >= 4 is 34.4 Å². The summed E-state index contributed by atoms with van der Waals surface area (Å²) in [6.07, 6.45) is 9.27. The second-order valence-electron chi connectivity index (χ2n) is 7.07. The Morgan fingerprint density at radius 2 is 1.93 bits per heavy atom. The van der Waals surface area contributed by atoms with Crippen LogP contribution in [-0.2, 0) is 4.79 Å². The quantitative estimate of drug-likeness (QED) is 0.830. The van der Waals surface area contributed by atoms with Crippen LogP contribution >= 0.6 is 0 Å². The molecule has 7 heteroatoms. The van der Waals surface area contributed by atoms with Gasteiger partial charge in [0, 0.05) is 48.8 Å². The highest BCUT2D eigenvalue weighted by Gasteiger charge is 2.30. The summed E-state index contributed by atoms with van der Waals surface area (Å²) >= 11 is 0. The molecule has 2 amide bonds. The second-order valence-corrected chi connectivity index (χ2v) is 7.07. The lowest BCUT2D eigenvalue weighted by Gasteiger charge is -2.36. The summed E-state index contributed by atoms with van der Waals surface area (Å²) in [7, 11) is 0. The fourth-order valence-electron chi connectivity index (χ4n) is 3.78. The van der Waals surface area contributed by atoms with Gasteiger partial charge in [-0.15, -0.1) is 0 Å². The highest BCUT2D eigenvalue weighted by molar-refractivity contribution is 6.21. The van der Waals surface area contributed by atoms with Crippen LogP contribution in [0.4, 0.5) is 0 Å². The number of hydrogen-bond donors (Lipinski definition) is 1. The molecule has 0 radical (unpaired) electrons. The first-order chi connectivity index (χ1) is 13.7. The van der Waals surface area contributed by atoms with Gasteiger partial charge < -0.3 is 14.8 Å². The minimum Gasteiger partial charge on any atom is -0.361 e. The van der Waals surface area contributed by atoms with Gasteiger partial charge in [0.25, 0.3) is 11.8 Å². The standard InChI is InChI=1S/C21H19N5O2/c27-19-16-3-1-2-4-18(16)23-21(24-19)26-11-9-25(10-12-26)20(28)15-5-6-17-14(13-15)7-8-22-17/h1-8,13,16,22H,9-12H2. The number of guanidine groups is 1. The molecule has 0 bridgehead atoms. The van der Waals surface area contributed by atoms with Crippen LogP contribution in [0.25, 0.3) is 10.9 Å². The van der Waals surface area contributed by atoms with Crippen LogP contribution in [0.5, 0.6) is 0 Å². The number of benzene rings is 1. The van der Waals surface area contributed by atoms with Crippen molar-refractivity contribution in [3.63, 3.8) is 0 Å². The van der Waals surface area contributed by atoms with E-state index in [2.05, 4.69) is 15.0 Å². The summed E-state index contributed by atoms with van der Waals surface area (Å²) in [4.78, 5) is 40.8. The predicted octanol–water partition coefficient (Wildman–Crippen LogP) is 2.01. The van der Waals surface area contributed by atoms with E-state index in [1.165, 1.54) is 0 Å². The van der Waals surface area contributed by atoms with Gasteiger partial charge in [-0.25, -0.2) is 4.99 Å². The lowest BCUT2D eigenvalue weighted by atomic mass is 9.97. The predicted molar refractivity (Wildman–Crippen MR) is 107 cm³/mol. The average molecular weight is 373 g/mol. The Hall–Kier alpha value is -3.48. The zero-order valence-corrected chi connectivity index (χ0v) is 15.2. The van der Waals surface area contributed by atoms with Crippen LogP contribution in [0, 0.1) is 5.92 Å². The Bertz CT molecular complexity index is 1080. The number of carbonyl (C=O) groups excluding carboxylic acids is 2. The molecule has 1 unspecified atom stereocenters. The first kappa shape index (κ1) is 16.7. The minimum absolute atomic E-state index is 0.0242. The molecule has 2 aliphatic heterocycles. The van der Waals surface area contributed by atoms with E-state index in [-0.39, 0.29) is 17.7 Å². The van der Waals surface area contributed by atoms with Crippen molar-refractivity contribution in [1.82, 2.24) is 14.8 Å². The smallest absolute Gasteiger partial charge is 0.261 e. The lowest BCUT2D eigenvalue weighted by molar-refractivity contribution is -0.118. The zero-order chi connectivity index (χ0) is 19.1. The number of aromatic amines is 1. The number of nitrogens with one attached hydrogen (secondary N) is 1. The van der Waals surface area contributed by atoms with Gasteiger partial charge in [-0.1, -0.05) is 18.2 Å². The van der Waals surface area contributed by atoms with Crippen LogP contribution in [-0.4, -0.2) is 64.4 Å². The highest BCUT2D eigenvalue weighted by atomic mass is 16.2. The monoisotopic (exact) mass is 373 g/mol. The van der Waals surface area contributed by atoms with Gasteiger partial charge in [0.2, 0.25) is 5.96 Å².